The molecule has 0 unspecified atom stereocenters. The second kappa shape index (κ2) is 23.8. The molecular formula is C49H64N4O7S. The predicted octanol–water partition coefficient (Wildman–Crippen LogP) is 9.46. The first-order valence-corrected chi connectivity index (χ1v) is 23.0. The van der Waals surface area contributed by atoms with E-state index in [1.54, 1.807) is 17.9 Å². The fourth-order valence-corrected chi connectivity index (χ4v) is 9.56. The van der Waals surface area contributed by atoms with Crippen LogP contribution in [0.15, 0.2) is 71.8 Å². The number of thiophene rings is 1. The zero-order valence-electron chi connectivity index (χ0n) is 36.7. The van der Waals surface area contributed by atoms with Crippen molar-refractivity contribution in [2.24, 2.45) is 0 Å². The molecule has 2 N–H and O–H groups in total. The molecule has 2 aliphatic carbocycles. The van der Waals surface area contributed by atoms with Crippen LogP contribution in [-0.2, 0) is 49.7 Å². The minimum absolute atomic E-state index is 0.0629. The largest absolute Gasteiger partial charge is 0.466 e. The maximum absolute atomic E-state index is 14.0. The van der Waals surface area contributed by atoms with Crippen LogP contribution in [0.5, 0.6) is 0 Å². The molecule has 328 valence electrons. The summed E-state index contributed by atoms with van der Waals surface area (Å²) in [6.07, 6.45) is 14.2. The third-order valence-corrected chi connectivity index (χ3v) is 13.0. The predicted molar refractivity (Wildman–Crippen MR) is 243 cm³/mol. The number of ether oxygens (including phenoxy) is 2. The minimum Gasteiger partial charge on any atom is -0.466 e. The van der Waals surface area contributed by atoms with Gasteiger partial charge in [-0.2, -0.15) is 0 Å². The number of rotatable bonds is 22. The van der Waals surface area contributed by atoms with Crippen LogP contribution >= 0.6 is 11.3 Å². The first kappa shape index (κ1) is 47.0. The van der Waals surface area contributed by atoms with Crippen molar-refractivity contribution in [3.8, 4) is 0 Å². The van der Waals surface area contributed by atoms with Crippen LogP contribution in [-0.4, -0.2) is 78.9 Å². The van der Waals surface area contributed by atoms with E-state index in [1.807, 2.05) is 49.4 Å². The van der Waals surface area contributed by atoms with E-state index in [4.69, 9.17) is 9.47 Å². The molecule has 0 atom stereocenters. The van der Waals surface area contributed by atoms with Crippen molar-refractivity contribution < 1.29 is 33.4 Å². The molecule has 0 aliphatic heterocycles. The lowest BCUT2D eigenvalue weighted by molar-refractivity contribution is -0.145. The van der Waals surface area contributed by atoms with E-state index in [-0.39, 0.29) is 48.5 Å². The van der Waals surface area contributed by atoms with E-state index in [9.17, 15) is 24.0 Å². The van der Waals surface area contributed by atoms with Gasteiger partial charge in [0.25, 0.3) is 11.8 Å². The third-order valence-electron chi connectivity index (χ3n) is 11.8. The van der Waals surface area contributed by atoms with Gasteiger partial charge in [-0.15, -0.1) is 11.3 Å². The molecule has 1 heterocycles. The van der Waals surface area contributed by atoms with Crippen LogP contribution in [0.3, 0.4) is 0 Å². The smallest absolute Gasteiger partial charge is 0.333 e. The van der Waals surface area contributed by atoms with Gasteiger partial charge in [-0.3, -0.25) is 24.1 Å². The first-order chi connectivity index (χ1) is 29.6. The van der Waals surface area contributed by atoms with Crippen molar-refractivity contribution in [3.63, 3.8) is 0 Å². The molecular weight excluding hydrogens is 789 g/mol. The Morgan fingerprint density at radius 1 is 0.803 bits per heavy atom. The summed E-state index contributed by atoms with van der Waals surface area (Å²) in [5.41, 5.74) is 7.03. The quantitative estimate of drug-likeness (QED) is 0.0956. The number of anilines is 2. The average molecular weight is 853 g/mol. The number of benzene rings is 2. The lowest BCUT2D eigenvalue weighted by Gasteiger charge is -2.33. The maximum Gasteiger partial charge on any atom is 0.333 e. The normalized spacial score (nSPS) is 13.6. The molecule has 0 bridgehead atoms. The summed E-state index contributed by atoms with van der Waals surface area (Å²) in [5.74, 6) is -1.16. The van der Waals surface area contributed by atoms with Crippen LogP contribution in [0, 0.1) is 0 Å². The van der Waals surface area contributed by atoms with Crippen molar-refractivity contribution in [2.75, 3.05) is 44.0 Å². The molecule has 2 aliphatic rings. The molecule has 0 fully saturated rings. The third kappa shape index (κ3) is 13.5. The average Bonchev–Trinajstić information content (AvgIpc) is 3.64. The fraction of sp³-hybridized carbons (Fsp3) is 0.490. The Hall–Kier alpha value is -5.07. The van der Waals surface area contributed by atoms with Gasteiger partial charge in [0.05, 0.1) is 25.7 Å². The molecule has 61 heavy (non-hydrogen) atoms. The summed E-state index contributed by atoms with van der Waals surface area (Å²) < 4.78 is 9.85. The molecule has 12 heteroatoms. The van der Waals surface area contributed by atoms with Gasteiger partial charge in [0, 0.05) is 60.3 Å². The topological polar surface area (TPSA) is 134 Å². The summed E-state index contributed by atoms with van der Waals surface area (Å²) in [4.78, 5) is 69.9. The van der Waals surface area contributed by atoms with Crippen LogP contribution in [0.4, 0.5) is 10.7 Å². The number of carbonyl (C=O) groups excluding carboxylic acids is 5. The van der Waals surface area contributed by atoms with E-state index < -0.39 is 0 Å². The Bertz CT molecular complexity index is 2050. The van der Waals surface area contributed by atoms with E-state index in [0.29, 0.717) is 61.0 Å². The highest BCUT2D eigenvalue weighted by atomic mass is 32.1. The van der Waals surface area contributed by atoms with E-state index >= 15 is 0 Å². The van der Waals surface area contributed by atoms with Gasteiger partial charge in [-0.25, -0.2) is 4.79 Å². The number of hydrogen-bond donors (Lipinski definition) is 2. The molecule has 0 saturated carbocycles. The van der Waals surface area contributed by atoms with Gasteiger partial charge < -0.3 is 25.0 Å². The minimum atomic E-state index is -0.359. The maximum atomic E-state index is 14.0. The van der Waals surface area contributed by atoms with E-state index in [0.717, 1.165) is 85.8 Å². The molecule has 2 aromatic carbocycles. The number of likely N-dealkylation sites (N-methyl/N-ethyl adjacent to an activating group) is 1. The summed E-state index contributed by atoms with van der Waals surface area (Å²) in [7, 11) is 1.41. The Balaban J connectivity index is 1.22. The number of nitrogens with one attached hydrogen (secondary N) is 2. The second-order valence-corrected chi connectivity index (χ2v) is 16.9. The standard InChI is InChI=1S/C49H64N4O7S/c1-6-40(7-2)53(31-30-52(8-3)43(54)28-29-44(55)60-9-4)33-36-16-13-17-38(32-36)46(56)51-48-45(41-18-10-11-19-42(41)61-48)47(57)50-39-26-22-35(23-27-39)15-12-14-34-20-24-37(25-21-34)49(58)59-5/h13,16-17,20,22-24,26-27,32,40H,6-12,14-15,18-19,21,25,28-31,33H2,1-5H3,(H,50,57)(H,51,56). The van der Waals surface area contributed by atoms with Gasteiger partial charge in [-0.05, 0) is 125 Å². The second-order valence-electron chi connectivity index (χ2n) is 15.8. The lowest BCUT2D eigenvalue weighted by atomic mass is 9.94. The summed E-state index contributed by atoms with van der Waals surface area (Å²) >= 11 is 1.51. The Morgan fingerprint density at radius 3 is 2.26 bits per heavy atom. The highest BCUT2D eigenvalue weighted by Gasteiger charge is 2.27. The highest BCUT2D eigenvalue weighted by molar-refractivity contribution is 7.17. The van der Waals surface area contributed by atoms with E-state index in [1.165, 1.54) is 29.6 Å². The van der Waals surface area contributed by atoms with Crippen molar-refractivity contribution in [2.45, 2.75) is 124 Å². The van der Waals surface area contributed by atoms with Gasteiger partial charge in [-0.1, -0.05) is 55.8 Å². The fourth-order valence-electron chi connectivity index (χ4n) is 8.28. The van der Waals surface area contributed by atoms with Gasteiger partial charge in [0.15, 0.2) is 0 Å². The zero-order valence-corrected chi connectivity index (χ0v) is 37.6. The number of nitrogens with zero attached hydrogens (tertiary/aromatic N) is 2. The molecule has 1 aromatic heterocycles. The van der Waals surface area contributed by atoms with Crippen molar-refractivity contribution >= 4 is 51.7 Å². The van der Waals surface area contributed by atoms with Gasteiger partial charge in [0.2, 0.25) is 5.91 Å². The number of methoxy groups -OCH3 is 1. The number of fused-ring (bicyclic) bond motifs is 1. The highest BCUT2D eigenvalue weighted by Crippen LogP contribution is 2.39. The van der Waals surface area contributed by atoms with Crippen molar-refractivity contribution in [1.29, 1.82) is 0 Å². The SMILES string of the molecule is CCOC(=O)CCC(=O)N(CC)CCN(Cc1cccc(C(=O)Nc2sc3c(c2C(=O)Nc2ccc(CCCC4=CC=C(C(=O)OC)CC4)cc2)CCCC3)c1)C(CC)CC. The Labute approximate surface area is 365 Å². The van der Waals surface area contributed by atoms with Crippen molar-refractivity contribution in [1.82, 2.24) is 9.80 Å². The number of esters is 2. The molecule has 11 nitrogen and oxygen atoms in total. The Morgan fingerprint density at radius 2 is 1.57 bits per heavy atom. The van der Waals surface area contributed by atoms with Gasteiger partial charge in [0.1, 0.15) is 5.00 Å². The Kier molecular flexibility index (Phi) is 18.3. The lowest BCUT2D eigenvalue weighted by Crippen LogP contribution is -2.42. The number of aryl methyl sites for hydroxylation is 2. The van der Waals surface area contributed by atoms with E-state index in [2.05, 4.69) is 41.5 Å². The summed E-state index contributed by atoms with van der Waals surface area (Å²) in [6, 6.07) is 15.9. The van der Waals surface area contributed by atoms with Gasteiger partial charge >= 0.3 is 11.9 Å². The first-order valence-electron chi connectivity index (χ1n) is 22.2. The van der Waals surface area contributed by atoms with Crippen LogP contribution < -0.4 is 10.6 Å². The number of allylic oxidation sites excluding steroid dienone is 3. The van der Waals surface area contributed by atoms with Crippen LogP contribution in [0.1, 0.15) is 134 Å². The number of hydrogen-bond acceptors (Lipinski definition) is 9. The zero-order chi connectivity index (χ0) is 43.7. The summed E-state index contributed by atoms with van der Waals surface area (Å²) in [6.45, 7) is 10.7. The molecule has 5 rings (SSSR count). The number of amides is 3. The van der Waals surface area contributed by atoms with Crippen LogP contribution in [0.2, 0.25) is 0 Å². The molecule has 3 amide bonds. The number of carbonyl (C=O) groups is 5. The monoisotopic (exact) mass is 852 g/mol. The van der Waals surface area contributed by atoms with Crippen LogP contribution in [0.25, 0.3) is 0 Å². The molecule has 3 aromatic rings. The molecule has 0 spiro atoms. The summed E-state index contributed by atoms with van der Waals surface area (Å²) in [5, 5.41) is 6.82. The molecule has 0 saturated heterocycles. The van der Waals surface area contributed by atoms with Crippen molar-refractivity contribution in [3.05, 3.63) is 105 Å². The molecule has 0 radical (unpaired) electrons.